The van der Waals surface area contributed by atoms with Gasteiger partial charge in [-0.05, 0) is 70.2 Å². The van der Waals surface area contributed by atoms with Crippen LogP contribution in [0.5, 0.6) is 0 Å². The third-order valence-corrected chi connectivity index (χ3v) is 6.23. The highest BCUT2D eigenvalue weighted by molar-refractivity contribution is 5.21. The smallest absolute Gasteiger partial charge is 0.0691 e. The molecule has 3 nitrogen and oxygen atoms in total. The summed E-state index contributed by atoms with van der Waals surface area (Å²) in [6.45, 7) is 6.99. The van der Waals surface area contributed by atoms with E-state index >= 15 is 0 Å². The fourth-order valence-corrected chi connectivity index (χ4v) is 4.83. The van der Waals surface area contributed by atoms with Crippen LogP contribution in [0.4, 0.5) is 0 Å². The van der Waals surface area contributed by atoms with Crippen molar-refractivity contribution in [2.45, 2.75) is 69.8 Å². The number of aromatic nitrogens is 1. The van der Waals surface area contributed by atoms with Crippen molar-refractivity contribution in [3.8, 4) is 0 Å². The van der Waals surface area contributed by atoms with Crippen molar-refractivity contribution in [1.29, 1.82) is 0 Å². The maximum Gasteiger partial charge on any atom is 0.0691 e. The Morgan fingerprint density at radius 3 is 2.77 bits per heavy atom. The van der Waals surface area contributed by atoms with Gasteiger partial charge in [0.15, 0.2) is 0 Å². The van der Waals surface area contributed by atoms with Gasteiger partial charge in [0.25, 0.3) is 0 Å². The number of hydrogen-bond donors (Lipinski definition) is 1. The number of nitrogens with one attached hydrogen (secondary N) is 1. The van der Waals surface area contributed by atoms with E-state index in [1.807, 2.05) is 12.3 Å². The predicted molar refractivity (Wildman–Crippen MR) is 108 cm³/mol. The molecule has 2 fully saturated rings. The van der Waals surface area contributed by atoms with E-state index in [0.717, 1.165) is 39.0 Å². The molecule has 3 rings (SSSR count). The zero-order chi connectivity index (χ0) is 18.3. The number of rotatable bonds is 7. The zero-order valence-corrected chi connectivity index (χ0v) is 16.5. The normalized spacial score (nSPS) is 26.0. The fourth-order valence-electron chi connectivity index (χ4n) is 4.83. The highest BCUT2D eigenvalue weighted by Gasteiger charge is 2.48. The molecule has 2 aliphatic rings. The first-order valence-corrected chi connectivity index (χ1v) is 10.3. The second-order valence-corrected chi connectivity index (χ2v) is 7.95. The molecule has 1 saturated carbocycles. The summed E-state index contributed by atoms with van der Waals surface area (Å²) in [6.07, 6.45) is 16.8. The summed E-state index contributed by atoms with van der Waals surface area (Å²) in [4.78, 5) is 4.78. The predicted octanol–water partition coefficient (Wildman–Crippen LogP) is 4.94. The Bertz CT molecular complexity index is 616. The summed E-state index contributed by atoms with van der Waals surface area (Å²) in [5.41, 5.74) is 2.86. The molecule has 2 heterocycles. The van der Waals surface area contributed by atoms with Gasteiger partial charge in [-0.2, -0.15) is 0 Å². The molecule has 1 aliphatic heterocycles. The Hall–Kier alpha value is -1.45. The monoisotopic (exact) mass is 354 g/mol. The highest BCUT2D eigenvalue weighted by Crippen LogP contribution is 2.49. The lowest BCUT2D eigenvalue weighted by Gasteiger charge is -2.46. The molecule has 1 aromatic heterocycles. The van der Waals surface area contributed by atoms with E-state index in [2.05, 4.69) is 49.5 Å². The number of nitrogens with zero attached hydrogens (tertiary/aromatic N) is 1. The maximum atomic E-state index is 6.33. The standard InChI is InChI=1S/C23H34N2O/c1-3-9-20(4-2)18-24-16-13-22(21-10-5-8-15-25-21)14-17-26-23(19-22)11-6-7-12-23/h3-5,8-10,15,24H,6-7,11-14,16-19H2,1-2H3/b9-3-,20-4+/t22-/m1/s1. The Labute approximate surface area is 158 Å². The summed E-state index contributed by atoms with van der Waals surface area (Å²) in [6, 6.07) is 6.39. The molecule has 142 valence electrons. The van der Waals surface area contributed by atoms with E-state index in [1.54, 1.807) is 0 Å². The summed E-state index contributed by atoms with van der Waals surface area (Å²) in [5, 5.41) is 3.65. The number of pyridine rings is 1. The minimum absolute atomic E-state index is 0.106. The van der Waals surface area contributed by atoms with Gasteiger partial charge < -0.3 is 10.1 Å². The van der Waals surface area contributed by atoms with Crippen molar-refractivity contribution in [3.63, 3.8) is 0 Å². The fraction of sp³-hybridized carbons (Fsp3) is 0.609. The summed E-state index contributed by atoms with van der Waals surface area (Å²) >= 11 is 0. The minimum Gasteiger partial charge on any atom is -0.375 e. The van der Waals surface area contributed by atoms with E-state index in [1.165, 1.54) is 37.0 Å². The zero-order valence-electron chi connectivity index (χ0n) is 16.5. The molecule has 1 atom stereocenters. The van der Waals surface area contributed by atoms with E-state index < -0.39 is 0 Å². The molecule has 0 bridgehead atoms. The van der Waals surface area contributed by atoms with Crippen LogP contribution < -0.4 is 5.32 Å². The third kappa shape index (κ3) is 4.44. The molecule has 26 heavy (non-hydrogen) atoms. The van der Waals surface area contributed by atoms with Gasteiger partial charge in [0.2, 0.25) is 0 Å². The Morgan fingerprint density at radius 2 is 2.08 bits per heavy atom. The number of ether oxygens (including phenoxy) is 1. The van der Waals surface area contributed by atoms with Crippen LogP contribution in [0.25, 0.3) is 0 Å². The van der Waals surface area contributed by atoms with Crippen LogP contribution in [0, 0.1) is 0 Å². The van der Waals surface area contributed by atoms with Gasteiger partial charge in [0.05, 0.1) is 5.60 Å². The molecule has 1 N–H and O–H groups in total. The number of hydrogen-bond acceptors (Lipinski definition) is 3. The van der Waals surface area contributed by atoms with Crippen LogP contribution in [0.2, 0.25) is 0 Å². The first-order valence-electron chi connectivity index (χ1n) is 10.3. The molecule has 0 unspecified atom stereocenters. The average molecular weight is 355 g/mol. The van der Waals surface area contributed by atoms with Gasteiger partial charge in [0.1, 0.15) is 0 Å². The minimum atomic E-state index is 0.106. The highest BCUT2D eigenvalue weighted by atomic mass is 16.5. The van der Waals surface area contributed by atoms with Crippen molar-refractivity contribution in [2.75, 3.05) is 19.7 Å². The van der Waals surface area contributed by atoms with Gasteiger partial charge in [0, 0.05) is 30.5 Å². The van der Waals surface area contributed by atoms with Crippen LogP contribution in [0.3, 0.4) is 0 Å². The molecule has 3 heteroatoms. The Balaban J connectivity index is 1.70. The lowest BCUT2D eigenvalue weighted by molar-refractivity contribution is -0.104. The van der Waals surface area contributed by atoms with Gasteiger partial charge >= 0.3 is 0 Å². The maximum absolute atomic E-state index is 6.33. The second-order valence-electron chi connectivity index (χ2n) is 7.95. The van der Waals surface area contributed by atoms with Crippen molar-refractivity contribution in [3.05, 3.63) is 53.9 Å². The summed E-state index contributed by atoms with van der Waals surface area (Å²) in [7, 11) is 0. The van der Waals surface area contributed by atoms with Crippen LogP contribution in [-0.4, -0.2) is 30.3 Å². The lowest BCUT2D eigenvalue weighted by Crippen LogP contribution is -2.47. The SMILES string of the molecule is C/C=C\C(=C/C)CNCC[C@@]1(c2ccccn2)CCOC2(CCCC2)C1. The molecule has 0 amide bonds. The molecule has 1 aliphatic carbocycles. The van der Waals surface area contributed by atoms with E-state index in [-0.39, 0.29) is 11.0 Å². The summed E-state index contributed by atoms with van der Waals surface area (Å²) < 4.78 is 6.33. The van der Waals surface area contributed by atoms with Gasteiger partial charge in [-0.25, -0.2) is 0 Å². The Morgan fingerprint density at radius 1 is 1.23 bits per heavy atom. The molecule has 1 saturated heterocycles. The molecule has 0 radical (unpaired) electrons. The average Bonchev–Trinajstić information content (AvgIpc) is 3.12. The van der Waals surface area contributed by atoms with E-state index in [9.17, 15) is 0 Å². The lowest BCUT2D eigenvalue weighted by atomic mass is 9.68. The van der Waals surface area contributed by atoms with Crippen molar-refractivity contribution in [1.82, 2.24) is 10.3 Å². The first-order chi connectivity index (χ1) is 12.7. The largest absolute Gasteiger partial charge is 0.375 e. The molecular weight excluding hydrogens is 320 g/mol. The van der Waals surface area contributed by atoms with Crippen LogP contribution in [0.15, 0.2) is 48.2 Å². The van der Waals surface area contributed by atoms with E-state index in [4.69, 9.17) is 9.72 Å². The van der Waals surface area contributed by atoms with Gasteiger partial charge in [-0.3, -0.25) is 4.98 Å². The first kappa shape index (κ1) is 19.3. The van der Waals surface area contributed by atoms with E-state index in [0.29, 0.717) is 0 Å². The van der Waals surface area contributed by atoms with Gasteiger partial charge in [-0.15, -0.1) is 0 Å². The van der Waals surface area contributed by atoms with Crippen molar-refractivity contribution in [2.24, 2.45) is 0 Å². The van der Waals surface area contributed by atoms with Gasteiger partial charge in [-0.1, -0.05) is 37.1 Å². The Kier molecular flexibility index (Phi) is 6.66. The topological polar surface area (TPSA) is 34.2 Å². The van der Waals surface area contributed by atoms with Crippen molar-refractivity contribution < 1.29 is 4.74 Å². The van der Waals surface area contributed by atoms with Crippen molar-refractivity contribution >= 4 is 0 Å². The molecule has 0 aromatic carbocycles. The quantitative estimate of drug-likeness (QED) is 0.556. The molecule has 1 aromatic rings. The van der Waals surface area contributed by atoms with Crippen LogP contribution in [-0.2, 0) is 10.2 Å². The third-order valence-electron chi connectivity index (χ3n) is 6.23. The number of allylic oxidation sites excluding steroid dienone is 2. The second kappa shape index (κ2) is 8.96. The molecular formula is C23H34N2O. The van der Waals surface area contributed by atoms with Crippen LogP contribution >= 0.6 is 0 Å². The molecule has 1 spiro atoms. The summed E-state index contributed by atoms with van der Waals surface area (Å²) in [5.74, 6) is 0. The van der Waals surface area contributed by atoms with Crippen LogP contribution in [0.1, 0.15) is 64.5 Å².